The number of halogens is 1. The maximum atomic E-state index is 9.69. The van der Waals surface area contributed by atoms with E-state index in [4.69, 9.17) is 11.6 Å². The Morgan fingerprint density at radius 2 is 1.62 bits per heavy atom. The van der Waals surface area contributed by atoms with Gasteiger partial charge in [0.1, 0.15) is 0 Å². The lowest BCUT2D eigenvalue weighted by Crippen LogP contribution is -2.30. The van der Waals surface area contributed by atoms with Crippen LogP contribution in [0.4, 0.5) is 0 Å². The van der Waals surface area contributed by atoms with E-state index in [0.717, 1.165) is 29.1 Å². The molecule has 3 aromatic carbocycles. The van der Waals surface area contributed by atoms with E-state index >= 15 is 0 Å². The number of fused-ring (bicyclic) bond motifs is 1. The summed E-state index contributed by atoms with van der Waals surface area (Å²) in [5.41, 5.74) is 7.05. The first kappa shape index (κ1) is 30.0. The largest absolute Gasteiger partial charge is 0.385 e. The van der Waals surface area contributed by atoms with Crippen molar-refractivity contribution in [2.75, 3.05) is 0 Å². The lowest BCUT2D eigenvalue weighted by molar-refractivity contribution is -0.112. The highest BCUT2D eigenvalue weighted by Gasteiger charge is 2.16. The summed E-state index contributed by atoms with van der Waals surface area (Å²) >= 11 is 6.46. The fraction of sp³-hybridized carbons (Fsp3) is 0.286. The zero-order chi connectivity index (χ0) is 28.4. The Balaban J connectivity index is 0.000000771. The van der Waals surface area contributed by atoms with Crippen molar-refractivity contribution in [2.24, 2.45) is 5.92 Å². The van der Waals surface area contributed by atoms with Gasteiger partial charge in [0.15, 0.2) is 5.78 Å². The normalized spacial score (nSPS) is 12.2. The second kappa shape index (κ2) is 14.6. The fourth-order valence-electron chi connectivity index (χ4n) is 4.72. The van der Waals surface area contributed by atoms with E-state index < -0.39 is 0 Å². The van der Waals surface area contributed by atoms with Gasteiger partial charge >= 0.3 is 0 Å². The van der Waals surface area contributed by atoms with E-state index in [1.807, 2.05) is 6.07 Å². The molecular formula is C35H41ClN2O. The standard InChI is InChI=1S/C31H35ClN2.C4H6O/c1-5-22(3)18-26(6-2)33-23(4)20-34-21-30(29-19-25(32)16-17-31(29)34)28-15-11-10-14-27(28)24-12-8-7-9-13-24;1-3-4(2)5/h7-17,19,21-22,26,33H,4-6,18,20H2,1-3H3;3H,1H2,2H3. The van der Waals surface area contributed by atoms with Crippen LogP contribution in [0.1, 0.15) is 47.0 Å². The van der Waals surface area contributed by atoms with Crippen LogP contribution in [-0.2, 0) is 11.3 Å². The van der Waals surface area contributed by atoms with Crippen molar-refractivity contribution >= 4 is 28.3 Å². The van der Waals surface area contributed by atoms with Crippen LogP contribution in [0, 0.1) is 5.92 Å². The van der Waals surface area contributed by atoms with Gasteiger partial charge in [-0.3, -0.25) is 4.79 Å². The highest BCUT2D eigenvalue weighted by Crippen LogP contribution is 2.38. The van der Waals surface area contributed by atoms with Gasteiger partial charge in [-0.05, 0) is 66.6 Å². The molecule has 0 bridgehead atoms. The number of hydrogen-bond donors (Lipinski definition) is 1. The number of benzene rings is 3. The number of ketones is 1. The van der Waals surface area contributed by atoms with Gasteiger partial charge in [-0.2, -0.15) is 0 Å². The third kappa shape index (κ3) is 8.21. The minimum absolute atomic E-state index is 0.0185. The molecule has 0 saturated heterocycles. The molecule has 4 rings (SSSR count). The summed E-state index contributed by atoms with van der Waals surface area (Å²) in [7, 11) is 0. The van der Waals surface area contributed by atoms with Crippen LogP contribution in [0.25, 0.3) is 33.2 Å². The van der Waals surface area contributed by atoms with E-state index in [-0.39, 0.29) is 5.78 Å². The van der Waals surface area contributed by atoms with Gasteiger partial charge in [-0.25, -0.2) is 0 Å². The van der Waals surface area contributed by atoms with Crippen molar-refractivity contribution < 1.29 is 4.79 Å². The smallest absolute Gasteiger partial charge is 0.152 e. The molecular weight excluding hydrogens is 500 g/mol. The van der Waals surface area contributed by atoms with Crippen LogP contribution in [-0.4, -0.2) is 16.4 Å². The number of aromatic nitrogens is 1. The molecule has 1 heterocycles. The first-order chi connectivity index (χ1) is 18.8. The van der Waals surface area contributed by atoms with Gasteiger partial charge in [0.2, 0.25) is 0 Å². The summed E-state index contributed by atoms with van der Waals surface area (Å²) in [6.45, 7) is 16.6. The lowest BCUT2D eigenvalue weighted by Gasteiger charge is -2.23. The molecule has 0 radical (unpaired) electrons. The average Bonchev–Trinajstić information content (AvgIpc) is 3.29. The molecule has 0 saturated carbocycles. The van der Waals surface area contributed by atoms with Crippen LogP contribution in [0.5, 0.6) is 0 Å². The van der Waals surface area contributed by atoms with E-state index in [0.29, 0.717) is 12.0 Å². The van der Waals surface area contributed by atoms with Gasteiger partial charge in [0.25, 0.3) is 0 Å². The lowest BCUT2D eigenvalue weighted by atomic mass is 9.94. The Hall–Kier alpha value is -3.56. The monoisotopic (exact) mass is 540 g/mol. The quantitative estimate of drug-likeness (QED) is 0.192. The first-order valence-electron chi connectivity index (χ1n) is 13.8. The predicted molar refractivity (Wildman–Crippen MR) is 169 cm³/mol. The molecule has 204 valence electrons. The maximum Gasteiger partial charge on any atom is 0.152 e. The number of carbonyl (C=O) groups excluding carboxylic acids is 1. The van der Waals surface area contributed by atoms with Crippen molar-refractivity contribution in [1.29, 1.82) is 0 Å². The molecule has 39 heavy (non-hydrogen) atoms. The second-order valence-corrected chi connectivity index (χ2v) is 10.6. The molecule has 2 atom stereocenters. The summed E-state index contributed by atoms with van der Waals surface area (Å²) in [4.78, 5) is 9.69. The average molecular weight is 541 g/mol. The van der Waals surface area contributed by atoms with E-state index in [1.165, 1.54) is 53.6 Å². The molecule has 0 spiro atoms. The van der Waals surface area contributed by atoms with Gasteiger partial charge in [0.05, 0.1) is 6.54 Å². The molecule has 3 nitrogen and oxygen atoms in total. The molecule has 4 heteroatoms. The zero-order valence-electron chi connectivity index (χ0n) is 23.7. The van der Waals surface area contributed by atoms with Crippen molar-refractivity contribution in [1.82, 2.24) is 9.88 Å². The Morgan fingerprint density at radius 3 is 2.23 bits per heavy atom. The molecule has 0 aliphatic heterocycles. The van der Waals surface area contributed by atoms with E-state index in [1.54, 1.807) is 0 Å². The molecule has 1 aromatic heterocycles. The number of hydrogen-bond acceptors (Lipinski definition) is 2. The van der Waals surface area contributed by atoms with Crippen molar-refractivity contribution in [3.05, 3.63) is 109 Å². The number of rotatable bonds is 11. The van der Waals surface area contributed by atoms with Crippen LogP contribution >= 0.6 is 11.6 Å². The minimum Gasteiger partial charge on any atom is -0.385 e. The van der Waals surface area contributed by atoms with Crippen LogP contribution in [0.2, 0.25) is 5.02 Å². The Morgan fingerprint density at radius 1 is 0.974 bits per heavy atom. The number of allylic oxidation sites excluding steroid dienone is 2. The van der Waals surface area contributed by atoms with Crippen molar-refractivity contribution in [2.45, 2.75) is 59.5 Å². The minimum atomic E-state index is 0.0185. The number of nitrogens with one attached hydrogen (secondary N) is 1. The van der Waals surface area contributed by atoms with E-state index in [9.17, 15) is 4.79 Å². The summed E-state index contributed by atoms with van der Waals surface area (Å²) in [6.07, 6.45) is 7.01. The number of nitrogens with zero attached hydrogens (tertiary/aromatic N) is 1. The first-order valence-corrected chi connectivity index (χ1v) is 14.2. The summed E-state index contributed by atoms with van der Waals surface area (Å²) < 4.78 is 2.30. The molecule has 0 aliphatic carbocycles. The molecule has 0 amide bonds. The Bertz CT molecular complexity index is 1400. The van der Waals surface area contributed by atoms with Crippen LogP contribution in [0.3, 0.4) is 0 Å². The van der Waals surface area contributed by atoms with Gasteiger partial charge in [-0.15, -0.1) is 0 Å². The van der Waals surface area contributed by atoms with Crippen LogP contribution < -0.4 is 5.32 Å². The third-order valence-corrected chi connectivity index (χ3v) is 7.31. The van der Waals surface area contributed by atoms with Crippen molar-refractivity contribution in [3.8, 4) is 22.3 Å². The SMILES string of the molecule is C=C(Cn1cc(-c2ccccc2-c2ccccc2)c2cc(Cl)ccc21)NC(CC)CC(C)CC.C=CC(C)=O. The van der Waals surface area contributed by atoms with Gasteiger partial charge < -0.3 is 9.88 Å². The maximum absolute atomic E-state index is 9.69. The topological polar surface area (TPSA) is 34.0 Å². The summed E-state index contributed by atoms with van der Waals surface area (Å²) in [6, 6.07) is 25.8. The molecule has 4 aromatic rings. The molecule has 0 aliphatic rings. The molecule has 0 fully saturated rings. The Labute approximate surface area is 239 Å². The fourth-order valence-corrected chi connectivity index (χ4v) is 4.89. The second-order valence-electron chi connectivity index (χ2n) is 10.2. The van der Waals surface area contributed by atoms with E-state index in [2.05, 4.69) is 117 Å². The highest BCUT2D eigenvalue weighted by molar-refractivity contribution is 6.31. The van der Waals surface area contributed by atoms with Gasteiger partial charge in [0, 0.05) is 39.4 Å². The zero-order valence-corrected chi connectivity index (χ0v) is 24.5. The van der Waals surface area contributed by atoms with Crippen LogP contribution in [0.15, 0.2) is 104 Å². The molecule has 2 unspecified atom stereocenters. The Kier molecular flexibility index (Phi) is 11.2. The van der Waals surface area contributed by atoms with Crippen molar-refractivity contribution in [3.63, 3.8) is 0 Å². The molecule has 1 N–H and O–H groups in total. The van der Waals surface area contributed by atoms with Gasteiger partial charge in [-0.1, -0.05) is 107 Å². The third-order valence-electron chi connectivity index (χ3n) is 7.08. The number of carbonyl (C=O) groups is 1. The summed E-state index contributed by atoms with van der Waals surface area (Å²) in [5.74, 6) is 0.728. The highest BCUT2D eigenvalue weighted by atomic mass is 35.5. The predicted octanol–water partition coefficient (Wildman–Crippen LogP) is 9.71. The summed E-state index contributed by atoms with van der Waals surface area (Å²) in [5, 5.41) is 5.61.